The van der Waals surface area contributed by atoms with Crippen molar-refractivity contribution in [2.75, 3.05) is 6.61 Å². The molecule has 2 N–H and O–H groups in total. The van der Waals surface area contributed by atoms with Crippen molar-refractivity contribution in [2.45, 2.75) is 105 Å². The summed E-state index contributed by atoms with van der Waals surface area (Å²) in [4.78, 5) is 5.43. The van der Waals surface area contributed by atoms with Gasteiger partial charge < -0.3 is 15.1 Å². The van der Waals surface area contributed by atoms with Crippen LogP contribution in [0.1, 0.15) is 92.4 Å². The van der Waals surface area contributed by atoms with Crippen molar-refractivity contribution in [1.82, 2.24) is 0 Å². The van der Waals surface area contributed by atoms with Crippen LogP contribution < -0.4 is 0 Å². The van der Waals surface area contributed by atoms with Gasteiger partial charge in [-0.2, -0.15) is 0 Å². The zero-order valence-electron chi connectivity index (χ0n) is 23.4. The largest absolute Gasteiger partial charge is 0.393 e. The van der Waals surface area contributed by atoms with Crippen LogP contribution in [0.15, 0.2) is 64.9 Å². The first-order valence-electron chi connectivity index (χ1n) is 13.9. The van der Waals surface area contributed by atoms with E-state index >= 15 is 0 Å². The van der Waals surface area contributed by atoms with E-state index in [0.29, 0.717) is 31.3 Å². The molecule has 200 valence electrons. The number of hydrogen-bond donors (Lipinski definition) is 2. The molecule has 4 nitrogen and oxygen atoms in total. The highest BCUT2D eigenvalue weighted by molar-refractivity contribution is 5.88. The Morgan fingerprint density at radius 3 is 2.75 bits per heavy atom. The van der Waals surface area contributed by atoms with Crippen molar-refractivity contribution in [1.29, 1.82) is 0 Å². The van der Waals surface area contributed by atoms with Crippen molar-refractivity contribution in [3.63, 3.8) is 0 Å². The zero-order chi connectivity index (χ0) is 26.5. The van der Waals surface area contributed by atoms with Crippen LogP contribution in [0.2, 0.25) is 0 Å². The Labute approximate surface area is 219 Å². The van der Waals surface area contributed by atoms with Crippen molar-refractivity contribution in [3.8, 4) is 0 Å². The molecule has 0 amide bonds. The summed E-state index contributed by atoms with van der Waals surface area (Å²) in [7, 11) is 0. The van der Waals surface area contributed by atoms with E-state index in [0.717, 1.165) is 49.0 Å². The Morgan fingerprint density at radius 1 is 1.31 bits per heavy atom. The lowest BCUT2D eigenvalue weighted by Gasteiger charge is -2.42. The van der Waals surface area contributed by atoms with Crippen LogP contribution in [0, 0.1) is 22.7 Å². The molecule has 2 fully saturated rings. The van der Waals surface area contributed by atoms with Gasteiger partial charge in [0.1, 0.15) is 6.61 Å². The molecule has 0 aromatic heterocycles. The van der Waals surface area contributed by atoms with Crippen LogP contribution in [-0.4, -0.2) is 34.7 Å². The molecular weight excluding hydrogens is 446 g/mol. The van der Waals surface area contributed by atoms with E-state index in [4.69, 9.17) is 4.84 Å². The summed E-state index contributed by atoms with van der Waals surface area (Å²) in [6.07, 6.45) is 16.4. The van der Waals surface area contributed by atoms with Gasteiger partial charge in [0.2, 0.25) is 0 Å². The SMILES string of the molecule is C=CCO/N=C(/CCC[C@@H](C)C1=CC[C@H]2/C(=C/C=C3/C[C@H](O)C[C@@H](O)C3=C)CCC[C@]12C)C(C)(C)C. The first-order valence-corrected chi connectivity index (χ1v) is 13.9. The maximum Gasteiger partial charge on any atom is 0.135 e. The van der Waals surface area contributed by atoms with Crippen molar-refractivity contribution >= 4 is 5.71 Å². The Morgan fingerprint density at radius 2 is 2.06 bits per heavy atom. The average Bonchev–Trinajstić information content (AvgIpc) is 3.16. The van der Waals surface area contributed by atoms with E-state index in [-0.39, 0.29) is 10.8 Å². The first kappa shape index (κ1) is 28.7. The minimum Gasteiger partial charge on any atom is -0.393 e. The number of aliphatic hydroxyl groups is 2. The smallest absolute Gasteiger partial charge is 0.135 e. The van der Waals surface area contributed by atoms with Crippen LogP contribution >= 0.6 is 0 Å². The highest BCUT2D eigenvalue weighted by Gasteiger charge is 2.45. The molecule has 0 unspecified atom stereocenters. The fourth-order valence-electron chi connectivity index (χ4n) is 6.54. The van der Waals surface area contributed by atoms with E-state index in [9.17, 15) is 10.2 Å². The van der Waals surface area contributed by atoms with Gasteiger partial charge in [-0.25, -0.2) is 0 Å². The van der Waals surface area contributed by atoms with Gasteiger partial charge in [-0.15, -0.1) is 0 Å². The monoisotopic (exact) mass is 495 g/mol. The van der Waals surface area contributed by atoms with Crippen LogP contribution in [0.25, 0.3) is 0 Å². The summed E-state index contributed by atoms with van der Waals surface area (Å²) in [5.74, 6) is 1.10. The molecule has 36 heavy (non-hydrogen) atoms. The Hall–Kier alpha value is -1.91. The average molecular weight is 496 g/mol. The van der Waals surface area contributed by atoms with E-state index < -0.39 is 12.2 Å². The summed E-state index contributed by atoms with van der Waals surface area (Å²) in [6, 6.07) is 0. The summed E-state index contributed by atoms with van der Waals surface area (Å²) in [6.45, 7) is 19.7. The lowest BCUT2D eigenvalue weighted by Crippen LogP contribution is -2.32. The predicted octanol–water partition coefficient (Wildman–Crippen LogP) is 7.46. The van der Waals surface area contributed by atoms with Crippen LogP contribution in [0.4, 0.5) is 0 Å². The second-order valence-electron chi connectivity index (χ2n) is 12.5. The minimum atomic E-state index is -0.631. The molecule has 4 heteroatoms. The fraction of sp³-hybridized carbons (Fsp3) is 0.656. The standard InChI is InChI=1S/C32H49NO3/c1-8-19-36-33-30(31(4,5)6)13-9-11-22(2)27-16-17-28-24(12-10-18-32(27,28)7)14-15-25-20-26(34)21-29(35)23(25)3/h8,14-16,22,26,28-29,34-35H,1,3,9-13,17-21H2,2,4-7H3/b24-14+,25-15-,33-30-/t22-,26+,28+,29-,32-/m1/s1. The molecule has 3 aliphatic rings. The normalized spacial score (nSPS) is 32.4. The number of nitrogens with zero attached hydrogens (tertiary/aromatic N) is 1. The summed E-state index contributed by atoms with van der Waals surface area (Å²) in [5.41, 5.74) is 6.25. The van der Waals surface area contributed by atoms with Gasteiger partial charge in [0.15, 0.2) is 0 Å². The van der Waals surface area contributed by atoms with Crippen molar-refractivity contribution in [2.24, 2.45) is 27.8 Å². The Bertz CT molecular complexity index is 932. The third-order valence-corrected chi connectivity index (χ3v) is 8.69. The van der Waals surface area contributed by atoms with Gasteiger partial charge in [-0.05, 0) is 79.8 Å². The molecule has 0 aromatic carbocycles. The molecule has 3 rings (SSSR count). The molecule has 0 radical (unpaired) electrons. The van der Waals surface area contributed by atoms with Crippen LogP contribution in [-0.2, 0) is 4.84 Å². The maximum absolute atomic E-state index is 10.2. The van der Waals surface area contributed by atoms with E-state index in [1.165, 1.54) is 18.4 Å². The Balaban J connectivity index is 1.65. The van der Waals surface area contributed by atoms with Gasteiger partial charge in [-0.1, -0.05) is 88.4 Å². The zero-order valence-corrected chi connectivity index (χ0v) is 23.4. The number of hydrogen-bond acceptors (Lipinski definition) is 4. The molecule has 0 heterocycles. The van der Waals surface area contributed by atoms with Crippen LogP contribution in [0.5, 0.6) is 0 Å². The van der Waals surface area contributed by atoms with E-state index in [1.807, 2.05) is 0 Å². The van der Waals surface area contributed by atoms with Gasteiger partial charge in [0.25, 0.3) is 0 Å². The molecule has 0 aromatic rings. The first-order chi connectivity index (χ1) is 17.0. The highest BCUT2D eigenvalue weighted by atomic mass is 16.6. The molecule has 3 aliphatic carbocycles. The Kier molecular flexibility index (Phi) is 9.62. The number of allylic oxidation sites excluding steroid dienone is 5. The topological polar surface area (TPSA) is 62.0 Å². The van der Waals surface area contributed by atoms with Crippen molar-refractivity contribution < 1.29 is 15.1 Å². The molecule has 0 saturated heterocycles. The van der Waals surface area contributed by atoms with Gasteiger partial charge in [-0.3, -0.25) is 0 Å². The summed E-state index contributed by atoms with van der Waals surface area (Å²) in [5, 5.41) is 24.7. The van der Waals surface area contributed by atoms with Crippen molar-refractivity contribution in [3.05, 3.63) is 59.8 Å². The molecule has 2 saturated carbocycles. The number of rotatable bonds is 9. The molecular formula is C32H49NO3. The third-order valence-electron chi connectivity index (χ3n) is 8.69. The number of aliphatic hydroxyl groups excluding tert-OH is 2. The lowest BCUT2D eigenvalue weighted by atomic mass is 9.62. The van der Waals surface area contributed by atoms with E-state index in [1.54, 1.807) is 11.6 Å². The van der Waals surface area contributed by atoms with Gasteiger partial charge in [0.05, 0.1) is 17.9 Å². The molecule has 0 bridgehead atoms. The van der Waals surface area contributed by atoms with Gasteiger partial charge in [0, 0.05) is 11.8 Å². The van der Waals surface area contributed by atoms with E-state index in [2.05, 4.69) is 71.2 Å². The summed E-state index contributed by atoms with van der Waals surface area (Å²) >= 11 is 0. The second-order valence-corrected chi connectivity index (χ2v) is 12.5. The van der Waals surface area contributed by atoms with Crippen LogP contribution in [0.3, 0.4) is 0 Å². The molecule has 0 spiro atoms. The fourth-order valence-corrected chi connectivity index (χ4v) is 6.54. The predicted molar refractivity (Wildman–Crippen MR) is 151 cm³/mol. The lowest BCUT2D eigenvalue weighted by molar-refractivity contribution is 0.0862. The maximum atomic E-state index is 10.2. The minimum absolute atomic E-state index is 0.00140. The third kappa shape index (κ3) is 6.69. The number of fused-ring (bicyclic) bond motifs is 1. The summed E-state index contributed by atoms with van der Waals surface area (Å²) < 4.78 is 0. The molecule has 5 atom stereocenters. The molecule has 0 aliphatic heterocycles. The van der Waals surface area contributed by atoms with Gasteiger partial charge >= 0.3 is 0 Å². The number of oxime groups is 1. The second kappa shape index (κ2) is 12.1. The highest BCUT2D eigenvalue weighted by Crippen LogP contribution is 2.57. The quantitative estimate of drug-likeness (QED) is 0.151.